The molecule has 0 aliphatic heterocycles. The molecule has 2 rings (SSSR count). The zero-order valence-electron chi connectivity index (χ0n) is 7.56. The van der Waals surface area contributed by atoms with Crippen molar-refractivity contribution in [1.82, 2.24) is 20.2 Å². The van der Waals surface area contributed by atoms with Crippen molar-refractivity contribution in [2.45, 2.75) is 6.54 Å². The quantitative estimate of drug-likeness (QED) is 0.780. The third kappa shape index (κ3) is 1.68. The van der Waals surface area contributed by atoms with Gasteiger partial charge in [0, 0.05) is 18.2 Å². The molecule has 78 valence electrons. The summed E-state index contributed by atoms with van der Waals surface area (Å²) in [6, 6.07) is 2.04. The van der Waals surface area contributed by atoms with Gasteiger partial charge in [0.15, 0.2) is 5.82 Å². The van der Waals surface area contributed by atoms with Crippen LogP contribution in [-0.4, -0.2) is 20.2 Å². The number of rotatable bonds is 2. The van der Waals surface area contributed by atoms with E-state index in [1.165, 1.54) is 12.4 Å². The van der Waals surface area contributed by atoms with E-state index in [9.17, 15) is 8.78 Å². The highest BCUT2D eigenvalue weighted by molar-refractivity contribution is 5.37. The van der Waals surface area contributed by atoms with Gasteiger partial charge < -0.3 is 5.73 Å². The summed E-state index contributed by atoms with van der Waals surface area (Å²) in [5, 5.41) is 10.2. The second-order valence-electron chi connectivity index (χ2n) is 2.85. The van der Waals surface area contributed by atoms with Gasteiger partial charge in [0.05, 0.1) is 0 Å². The Morgan fingerprint density at radius 1 is 1.27 bits per heavy atom. The van der Waals surface area contributed by atoms with E-state index in [0.717, 1.165) is 10.7 Å². The van der Waals surface area contributed by atoms with Crippen LogP contribution in [0, 0.1) is 11.6 Å². The number of nitrogens with two attached hydrogens (primary N) is 1. The second-order valence-corrected chi connectivity index (χ2v) is 2.85. The molecule has 0 bridgehead atoms. The van der Waals surface area contributed by atoms with Gasteiger partial charge in [-0.2, -0.15) is 4.68 Å². The van der Waals surface area contributed by atoms with E-state index in [0.29, 0.717) is 0 Å². The van der Waals surface area contributed by atoms with E-state index >= 15 is 0 Å². The molecule has 0 amide bonds. The molecule has 0 spiro atoms. The lowest BCUT2D eigenvalue weighted by atomic mass is 10.2. The zero-order valence-corrected chi connectivity index (χ0v) is 7.56. The molecule has 0 aliphatic carbocycles. The van der Waals surface area contributed by atoms with Crippen LogP contribution in [-0.2, 0) is 6.54 Å². The lowest BCUT2D eigenvalue weighted by Gasteiger charge is -2.05. The Morgan fingerprint density at radius 3 is 2.67 bits per heavy atom. The SMILES string of the molecule is NCc1cc(-n2cnnn2)c(F)cc1F. The summed E-state index contributed by atoms with van der Waals surface area (Å²) < 4.78 is 27.5. The molecule has 15 heavy (non-hydrogen) atoms. The van der Waals surface area contributed by atoms with Gasteiger partial charge >= 0.3 is 0 Å². The Kier molecular flexibility index (Phi) is 2.38. The molecule has 0 aliphatic rings. The van der Waals surface area contributed by atoms with Gasteiger partial charge in [-0.15, -0.1) is 5.10 Å². The fourth-order valence-electron chi connectivity index (χ4n) is 1.18. The number of tetrazole rings is 1. The summed E-state index contributed by atoms with van der Waals surface area (Å²) in [4.78, 5) is 0. The molecule has 2 N–H and O–H groups in total. The largest absolute Gasteiger partial charge is 0.326 e. The molecular formula is C8H7F2N5. The van der Waals surface area contributed by atoms with Crippen LogP contribution in [0.1, 0.15) is 5.56 Å². The Morgan fingerprint density at radius 2 is 2.07 bits per heavy atom. The molecule has 0 fully saturated rings. The Hall–Kier alpha value is -1.89. The maximum atomic E-state index is 13.3. The van der Waals surface area contributed by atoms with E-state index in [4.69, 9.17) is 5.73 Å². The number of benzene rings is 1. The van der Waals surface area contributed by atoms with Crippen LogP contribution in [0.4, 0.5) is 8.78 Å². The van der Waals surface area contributed by atoms with Crippen LogP contribution in [0.2, 0.25) is 0 Å². The highest BCUT2D eigenvalue weighted by Gasteiger charge is 2.11. The van der Waals surface area contributed by atoms with Crippen molar-refractivity contribution < 1.29 is 8.78 Å². The predicted octanol–water partition coefficient (Wildman–Crippen LogP) is 0.399. The van der Waals surface area contributed by atoms with E-state index in [-0.39, 0.29) is 17.8 Å². The van der Waals surface area contributed by atoms with Gasteiger partial charge in [0.1, 0.15) is 17.8 Å². The number of halogens is 2. The number of nitrogens with zero attached hydrogens (tertiary/aromatic N) is 4. The fourth-order valence-corrected chi connectivity index (χ4v) is 1.18. The van der Waals surface area contributed by atoms with Crippen LogP contribution in [0.3, 0.4) is 0 Å². The van der Waals surface area contributed by atoms with E-state index < -0.39 is 11.6 Å². The highest BCUT2D eigenvalue weighted by atomic mass is 19.1. The third-order valence-corrected chi connectivity index (χ3v) is 1.93. The highest BCUT2D eigenvalue weighted by Crippen LogP contribution is 2.17. The van der Waals surface area contributed by atoms with E-state index in [1.807, 2.05) is 0 Å². The van der Waals surface area contributed by atoms with E-state index in [2.05, 4.69) is 15.5 Å². The smallest absolute Gasteiger partial charge is 0.151 e. The molecule has 1 heterocycles. The first-order valence-electron chi connectivity index (χ1n) is 4.13. The second kappa shape index (κ2) is 3.70. The molecule has 1 aromatic heterocycles. The lowest BCUT2D eigenvalue weighted by Crippen LogP contribution is -2.05. The van der Waals surface area contributed by atoms with Gasteiger partial charge in [-0.1, -0.05) is 0 Å². The van der Waals surface area contributed by atoms with Crippen LogP contribution in [0.25, 0.3) is 5.69 Å². The van der Waals surface area contributed by atoms with Crippen molar-refractivity contribution in [2.24, 2.45) is 5.73 Å². The van der Waals surface area contributed by atoms with Crippen LogP contribution < -0.4 is 5.73 Å². The van der Waals surface area contributed by atoms with Gasteiger partial charge in [0.2, 0.25) is 0 Å². The molecule has 7 heteroatoms. The minimum absolute atomic E-state index is 0.0127. The molecule has 5 nitrogen and oxygen atoms in total. The average molecular weight is 211 g/mol. The van der Waals surface area contributed by atoms with Crippen molar-refractivity contribution in [3.05, 3.63) is 35.7 Å². The van der Waals surface area contributed by atoms with Crippen molar-refractivity contribution in [1.29, 1.82) is 0 Å². The first-order chi connectivity index (χ1) is 7.22. The third-order valence-electron chi connectivity index (χ3n) is 1.93. The van der Waals surface area contributed by atoms with Crippen molar-refractivity contribution in [3.63, 3.8) is 0 Å². The minimum atomic E-state index is -0.739. The van der Waals surface area contributed by atoms with Gasteiger partial charge in [-0.25, -0.2) is 8.78 Å². The Bertz CT molecular complexity index is 468. The normalized spacial score (nSPS) is 10.6. The lowest BCUT2D eigenvalue weighted by molar-refractivity contribution is 0.562. The first-order valence-corrected chi connectivity index (χ1v) is 4.13. The van der Waals surface area contributed by atoms with Crippen LogP contribution in [0.15, 0.2) is 18.5 Å². The molecule has 0 radical (unpaired) electrons. The monoisotopic (exact) mass is 211 g/mol. The first kappa shape index (κ1) is 9.66. The molecule has 0 unspecified atom stereocenters. The summed E-state index contributed by atoms with van der Waals surface area (Å²) >= 11 is 0. The van der Waals surface area contributed by atoms with Crippen molar-refractivity contribution in [3.8, 4) is 5.69 Å². The molecular weight excluding hydrogens is 204 g/mol. The fraction of sp³-hybridized carbons (Fsp3) is 0.125. The Labute approximate surface area is 83.5 Å². The molecule has 1 aromatic carbocycles. The summed E-state index contributed by atoms with van der Waals surface area (Å²) in [6.07, 6.45) is 1.22. The Balaban J connectivity index is 2.57. The molecule has 0 saturated carbocycles. The van der Waals surface area contributed by atoms with Gasteiger partial charge in [-0.3, -0.25) is 0 Å². The summed E-state index contributed by atoms with van der Waals surface area (Å²) in [5.41, 5.74) is 5.58. The van der Waals surface area contributed by atoms with Crippen LogP contribution >= 0.6 is 0 Å². The number of aromatic nitrogens is 4. The molecule has 0 saturated heterocycles. The van der Waals surface area contributed by atoms with Crippen molar-refractivity contribution in [2.75, 3.05) is 0 Å². The summed E-state index contributed by atoms with van der Waals surface area (Å²) in [7, 11) is 0. The standard InChI is InChI=1S/C8H7F2N5/c9-6-2-7(10)8(1-5(6)3-11)15-4-12-13-14-15/h1-2,4H,3,11H2. The number of hydrogen-bond acceptors (Lipinski definition) is 4. The maximum absolute atomic E-state index is 13.3. The van der Waals surface area contributed by atoms with Gasteiger partial charge in [-0.05, 0) is 16.5 Å². The zero-order chi connectivity index (χ0) is 10.8. The average Bonchev–Trinajstić information content (AvgIpc) is 2.71. The molecule has 0 atom stereocenters. The predicted molar refractivity (Wildman–Crippen MR) is 47.0 cm³/mol. The van der Waals surface area contributed by atoms with Gasteiger partial charge in [0.25, 0.3) is 0 Å². The summed E-state index contributed by atoms with van der Waals surface area (Å²) in [6.45, 7) is -0.0127. The van der Waals surface area contributed by atoms with E-state index in [1.54, 1.807) is 0 Å². The maximum Gasteiger partial charge on any atom is 0.151 e. The van der Waals surface area contributed by atoms with Crippen LogP contribution in [0.5, 0.6) is 0 Å². The molecule has 2 aromatic rings. The summed E-state index contributed by atoms with van der Waals surface area (Å²) in [5.74, 6) is -1.41. The minimum Gasteiger partial charge on any atom is -0.326 e. The van der Waals surface area contributed by atoms with Crippen molar-refractivity contribution >= 4 is 0 Å². The topological polar surface area (TPSA) is 69.6 Å². The number of hydrogen-bond donors (Lipinski definition) is 1.